The molecule has 2 fully saturated rings. The lowest BCUT2D eigenvalue weighted by molar-refractivity contribution is -0.120. The van der Waals surface area contributed by atoms with Crippen LogP contribution in [0, 0.1) is 13.8 Å². The highest BCUT2D eigenvalue weighted by Gasteiger charge is 2.25. The molecule has 2 saturated heterocycles. The number of benzene rings is 1. The lowest BCUT2D eigenvalue weighted by Gasteiger charge is -2.39. The highest BCUT2D eigenvalue weighted by atomic mass is 16.3. The average molecular weight is 331 g/mol. The number of carbonyl (C=O) groups excluding carboxylic acids is 1. The van der Waals surface area contributed by atoms with Gasteiger partial charge in [-0.25, -0.2) is 0 Å². The van der Waals surface area contributed by atoms with Crippen molar-refractivity contribution in [2.45, 2.75) is 45.7 Å². The Bertz CT molecular complexity index is 571. The molecule has 0 unspecified atom stereocenters. The van der Waals surface area contributed by atoms with E-state index >= 15 is 0 Å². The van der Waals surface area contributed by atoms with E-state index in [4.69, 9.17) is 0 Å². The van der Waals surface area contributed by atoms with Gasteiger partial charge in [0.1, 0.15) is 5.75 Å². The number of hydrogen-bond acceptors (Lipinski definition) is 4. The van der Waals surface area contributed by atoms with E-state index in [9.17, 15) is 9.90 Å². The predicted molar refractivity (Wildman–Crippen MR) is 95.1 cm³/mol. The Morgan fingerprint density at radius 2 is 1.79 bits per heavy atom. The molecule has 1 atom stereocenters. The number of amides is 1. The molecule has 0 radical (unpaired) electrons. The molecular formula is C19H29N3O2. The van der Waals surface area contributed by atoms with Gasteiger partial charge in [-0.15, -0.1) is 0 Å². The fraction of sp³-hybridized carbons (Fsp3) is 0.632. The summed E-state index contributed by atoms with van der Waals surface area (Å²) < 4.78 is 0. The fourth-order valence-electron chi connectivity index (χ4n) is 3.96. The van der Waals surface area contributed by atoms with Crippen molar-refractivity contribution in [3.63, 3.8) is 0 Å². The molecule has 5 nitrogen and oxygen atoms in total. The Morgan fingerprint density at radius 3 is 2.46 bits per heavy atom. The molecule has 24 heavy (non-hydrogen) atoms. The number of aryl methyl sites for hydroxylation is 2. The van der Waals surface area contributed by atoms with Crippen LogP contribution in [-0.2, 0) is 11.3 Å². The Kier molecular flexibility index (Phi) is 5.41. The van der Waals surface area contributed by atoms with Crippen LogP contribution in [0.2, 0.25) is 0 Å². The number of carbonyl (C=O) groups is 1. The Morgan fingerprint density at radius 1 is 1.12 bits per heavy atom. The Hall–Kier alpha value is -1.59. The third kappa shape index (κ3) is 4.08. The van der Waals surface area contributed by atoms with Gasteiger partial charge < -0.3 is 10.4 Å². The smallest absolute Gasteiger partial charge is 0.220 e. The first-order chi connectivity index (χ1) is 11.5. The summed E-state index contributed by atoms with van der Waals surface area (Å²) in [5, 5.41) is 12.9. The van der Waals surface area contributed by atoms with Gasteiger partial charge in [-0.05, 0) is 43.4 Å². The van der Waals surface area contributed by atoms with Gasteiger partial charge in [0.2, 0.25) is 5.91 Å². The first kappa shape index (κ1) is 17.2. The van der Waals surface area contributed by atoms with Crippen molar-refractivity contribution < 1.29 is 9.90 Å². The maximum Gasteiger partial charge on any atom is 0.220 e. The van der Waals surface area contributed by atoms with Crippen LogP contribution in [0.25, 0.3) is 0 Å². The van der Waals surface area contributed by atoms with Crippen LogP contribution in [-0.4, -0.2) is 59.6 Å². The van der Waals surface area contributed by atoms with Crippen LogP contribution in [0.15, 0.2) is 12.1 Å². The lowest BCUT2D eigenvalue weighted by Crippen LogP contribution is -2.50. The van der Waals surface area contributed by atoms with E-state index < -0.39 is 0 Å². The second-order valence-electron chi connectivity index (χ2n) is 7.22. The molecule has 2 aliphatic heterocycles. The van der Waals surface area contributed by atoms with E-state index in [1.54, 1.807) is 0 Å². The van der Waals surface area contributed by atoms with E-state index in [1.165, 1.54) is 5.56 Å². The van der Waals surface area contributed by atoms with Crippen LogP contribution in [0.3, 0.4) is 0 Å². The molecule has 0 aromatic heterocycles. The largest absolute Gasteiger partial charge is 0.507 e. The van der Waals surface area contributed by atoms with Gasteiger partial charge in [-0.1, -0.05) is 12.1 Å². The number of nitrogens with zero attached hydrogens (tertiary/aromatic N) is 2. The average Bonchev–Trinajstić information content (AvgIpc) is 2.78. The minimum Gasteiger partial charge on any atom is -0.507 e. The van der Waals surface area contributed by atoms with Gasteiger partial charge in [0.15, 0.2) is 0 Å². The number of phenols is 1. The Labute approximate surface area is 144 Å². The van der Waals surface area contributed by atoms with Gasteiger partial charge in [-0.3, -0.25) is 14.6 Å². The van der Waals surface area contributed by atoms with E-state index in [2.05, 4.69) is 27.2 Å². The van der Waals surface area contributed by atoms with Gasteiger partial charge in [-0.2, -0.15) is 0 Å². The molecule has 1 aromatic carbocycles. The number of nitrogens with one attached hydrogen (secondary N) is 1. The molecule has 2 heterocycles. The molecule has 2 aliphatic rings. The first-order valence-electron chi connectivity index (χ1n) is 9.05. The summed E-state index contributed by atoms with van der Waals surface area (Å²) in [6.45, 7) is 9.98. The number of phenolic OH excluding ortho intramolecular Hbond substituents is 1. The topological polar surface area (TPSA) is 55.8 Å². The summed E-state index contributed by atoms with van der Waals surface area (Å²) in [4.78, 5) is 16.5. The highest BCUT2D eigenvalue weighted by molar-refractivity contribution is 5.76. The third-order valence-corrected chi connectivity index (χ3v) is 5.38. The van der Waals surface area contributed by atoms with E-state index in [1.807, 2.05) is 13.8 Å². The highest BCUT2D eigenvalue weighted by Crippen LogP contribution is 2.24. The molecule has 3 rings (SSSR count). The summed E-state index contributed by atoms with van der Waals surface area (Å²) in [5.41, 5.74) is 3.19. The van der Waals surface area contributed by atoms with Crippen molar-refractivity contribution in [2.75, 3.05) is 32.7 Å². The zero-order valence-corrected chi connectivity index (χ0v) is 14.8. The minimum absolute atomic E-state index is 0.203. The molecule has 1 amide bonds. The van der Waals surface area contributed by atoms with E-state index in [-0.39, 0.29) is 5.91 Å². The zero-order valence-electron chi connectivity index (χ0n) is 14.8. The maximum atomic E-state index is 11.5. The monoisotopic (exact) mass is 331 g/mol. The third-order valence-electron chi connectivity index (χ3n) is 5.38. The number of rotatable bonds is 3. The van der Waals surface area contributed by atoms with Gasteiger partial charge in [0, 0.05) is 51.7 Å². The maximum absolute atomic E-state index is 11.5. The molecule has 0 saturated carbocycles. The summed E-state index contributed by atoms with van der Waals surface area (Å²) in [5.74, 6) is 0.620. The summed E-state index contributed by atoms with van der Waals surface area (Å²) in [6.07, 6.45) is 2.72. The molecule has 0 aliphatic carbocycles. The second kappa shape index (κ2) is 7.53. The van der Waals surface area contributed by atoms with Gasteiger partial charge >= 0.3 is 0 Å². The van der Waals surface area contributed by atoms with Crippen molar-refractivity contribution in [1.29, 1.82) is 0 Å². The zero-order chi connectivity index (χ0) is 17.1. The number of aromatic hydroxyl groups is 1. The van der Waals surface area contributed by atoms with Crippen molar-refractivity contribution in [3.05, 3.63) is 28.8 Å². The molecule has 5 heteroatoms. The molecule has 0 spiro atoms. The fourth-order valence-corrected chi connectivity index (χ4v) is 3.96. The number of hydrogen-bond donors (Lipinski definition) is 2. The summed E-state index contributed by atoms with van der Waals surface area (Å²) >= 11 is 0. The summed E-state index contributed by atoms with van der Waals surface area (Å²) in [7, 11) is 0. The van der Waals surface area contributed by atoms with Gasteiger partial charge in [0.05, 0.1) is 0 Å². The molecule has 0 bridgehead atoms. The first-order valence-corrected chi connectivity index (χ1v) is 9.05. The standard InChI is InChI=1S/C19H29N3O2/c1-14-11-16(12-15(2)19(14)24)13-21-7-9-22(10-8-21)17-3-4-18(23)20-6-5-17/h11-12,17,24H,3-10,13H2,1-2H3,(H,20,23)/t17-/m0/s1. The van der Waals surface area contributed by atoms with Crippen molar-refractivity contribution in [3.8, 4) is 5.75 Å². The molecular weight excluding hydrogens is 302 g/mol. The molecule has 132 valence electrons. The van der Waals surface area contributed by atoms with E-state index in [0.29, 0.717) is 18.2 Å². The van der Waals surface area contributed by atoms with Crippen LogP contribution in [0.5, 0.6) is 5.75 Å². The number of piperazine rings is 1. The van der Waals surface area contributed by atoms with Crippen molar-refractivity contribution in [1.82, 2.24) is 15.1 Å². The van der Waals surface area contributed by atoms with Crippen molar-refractivity contribution >= 4 is 5.91 Å². The lowest BCUT2D eigenvalue weighted by atomic mass is 10.0. The minimum atomic E-state index is 0.203. The summed E-state index contributed by atoms with van der Waals surface area (Å²) in [6, 6.07) is 4.73. The molecule has 1 aromatic rings. The van der Waals surface area contributed by atoms with Crippen LogP contribution in [0.1, 0.15) is 36.0 Å². The van der Waals surface area contributed by atoms with Crippen molar-refractivity contribution in [2.24, 2.45) is 0 Å². The SMILES string of the molecule is Cc1cc(CN2CCN([C@@H]3CCNC(=O)CC3)CC2)cc(C)c1O. The van der Waals surface area contributed by atoms with Crippen LogP contribution < -0.4 is 5.32 Å². The van der Waals surface area contributed by atoms with Crippen LogP contribution >= 0.6 is 0 Å². The molecule has 2 N–H and O–H groups in total. The van der Waals surface area contributed by atoms with Crippen LogP contribution in [0.4, 0.5) is 0 Å². The Balaban J connectivity index is 1.53. The quantitative estimate of drug-likeness (QED) is 0.887. The van der Waals surface area contributed by atoms with Gasteiger partial charge in [0.25, 0.3) is 0 Å². The second-order valence-corrected chi connectivity index (χ2v) is 7.22. The predicted octanol–water partition coefficient (Wildman–Crippen LogP) is 1.80. The van der Waals surface area contributed by atoms with E-state index in [0.717, 1.165) is 63.2 Å². The normalized spacial score (nSPS) is 23.8.